The molecule has 1 aromatic rings. The van der Waals surface area contributed by atoms with Gasteiger partial charge in [0.25, 0.3) is 0 Å². The molecule has 1 aromatic carbocycles. The summed E-state index contributed by atoms with van der Waals surface area (Å²) >= 11 is 6.23. The number of benzodiazepines with no additional fused rings is 1. The SMILES string of the molecule is CCC(C)[C@@H]1N=C(C2CCCCC2)c2cc(Cl)ccc2NC1=O. The summed E-state index contributed by atoms with van der Waals surface area (Å²) in [5, 5.41) is 3.77. The Morgan fingerprint density at radius 3 is 2.74 bits per heavy atom. The number of carbonyl (C=O) groups excluding carboxylic acids is 1. The van der Waals surface area contributed by atoms with Crippen molar-refractivity contribution in [1.82, 2.24) is 0 Å². The molecule has 124 valence electrons. The maximum atomic E-state index is 12.6. The maximum Gasteiger partial charge on any atom is 0.249 e. The number of nitrogens with one attached hydrogen (secondary N) is 1. The molecule has 0 radical (unpaired) electrons. The molecule has 1 fully saturated rings. The fourth-order valence-electron chi connectivity index (χ4n) is 3.63. The molecule has 1 unspecified atom stereocenters. The summed E-state index contributed by atoms with van der Waals surface area (Å²) in [4.78, 5) is 17.6. The molecular weight excluding hydrogens is 308 g/mol. The van der Waals surface area contributed by atoms with Gasteiger partial charge in [-0.2, -0.15) is 0 Å². The molecule has 0 bridgehead atoms. The Kier molecular flexibility index (Phi) is 5.05. The number of nitrogens with zero attached hydrogens (tertiary/aromatic N) is 1. The van der Waals surface area contributed by atoms with Gasteiger partial charge in [0, 0.05) is 27.9 Å². The molecule has 2 aliphatic rings. The molecule has 0 spiro atoms. The minimum Gasteiger partial charge on any atom is -0.324 e. The highest BCUT2D eigenvalue weighted by Gasteiger charge is 2.32. The van der Waals surface area contributed by atoms with Crippen LogP contribution in [0.2, 0.25) is 5.02 Å². The van der Waals surface area contributed by atoms with E-state index in [4.69, 9.17) is 16.6 Å². The van der Waals surface area contributed by atoms with E-state index in [0.717, 1.165) is 36.2 Å². The molecule has 3 nitrogen and oxygen atoms in total. The second kappa shape index (κ2) is 7.04. The smallest absolute Gasteiger partial charge is 0.249 e. The third-order valence-corrected chi connectivity index (χ3v) is 5.47. The van der Waals surface area contributed by atoms with E-state index in [1.807, 2.05) is 18.2 Å². The first-order chi connectivity index (χ1) is 11.1. The van der Waals surface area contributed by atoms with E-state index in [-0.39, 0.29) is 17.9 Å². The lowest BCUT2D eigenvalue weighted by Gasteiger charge is -2.25. The van der Waals surface area contributed by atoms with Crippen LogP contribution in [0.5, 0.6) is 0 Å². The highest BCUT2D eigenvalue weighted by Crippen LogP contribution is 2.34. The molecule has 1 aliphatic heterocycles. The summed E-state index contributed by atoms with van der Waals surface area (Å²) < 4.78 is 0. The van der Waals surface area contributed by atoms with Gasteiger partial charge in [-0.25, -0.2) is 0 Å². The second-order valence-electron chi connectivity index (χ2n) is 6.86. The summed E-state index contributed by atoms with van der Waals surface area (Å²) in [5.41, 5.74) is 2.96. The zero-order valence-corrected chi connectivity index (χ0v) is 14.7. The fraction of sp³-hybridized carbons (Fsp3) is 0.579. The van der Waals surface area contributed by atoms with Crippen molar-refractivity contribution >= 4 is 28.9 Å². The zero-order chi connectivity index (χ0) is 16.4. The lowest BCUT2D eigenvalue weighted by molar-refractivity contribution is -0.118. The Hall–Kier alpha value is -1.35. The summed E-state index contributed by atoms with van der Waals surface area (Å²) in [5.74, 6) is 0.687. The quantitative estimate of drug-likeness (QED) is 0.824. The molecule has 3 rings (SSSR count). The minimum atomic E-state index is -0.303. The number of benzene rings is 1. The number of aliphatic imine (C=N–C) groups is 1. The van der Waals surface area contributed by atoms with Gasteiger partial charge in [-0.05, 0) is 37.0 Å². The van der Waals surface area contributed by atoms with E-state index in [1.165, 1.54) is 19.3 Å². The number of halogens is 1. The molecule has 0 aromatic heterocycles. The Labute approximate surface area is 143 Å². The molecule has 1 N–H and O–H groups in total. The van der Waals surface area contributed by atoms with Gasteiger partial charge in [-0.1, -0.05) is 51.1 Å². The third-order valence-electron chi connectivity index (χ3n) is 5.24. The molecule has 1 aliphatic carbocycles. The zero-order valence-electron chi connectivity index (χ0n) is 13.9. The van der Waals surface area contributed by atoms with Gasteiger partial charge in [0.05, 0.1) is 0 Å². The molecule has 1 heterocycles. The van der Waals surface area contributed by atoms with Gasteiger partial charge in [0.15, 0.2) is 0 Å². The first-order valence-electron chi connectivity index (χ1n) is 8.78. The van der Waals surface area contributed by atoms with E-state index >= 15 is 0 Å². The average Bonchev–Trinajstić information content (AvgIpc) is 2.71. The number of fused-ring (bicyclic) bond motifs is 1. The summed E-state index contributed by atoms with van der Waals surface area (Å²) in [6.45, 7) is 4.22. The van der Waals surface area contributed by atoms with Crippen molar-refractivity contribution in [3.63, 3.8) is 0 Å². The maximum absolute atomic E-state index is 12.6. The lowest BCUT2D eigenvalue weighted by atomic mass is 9.82. The van der Waals surface area contributed by atoms with Crippen molar-refractivity contribution in [1.29, 1.82) is 0 Å². The van der Waals surface area contributed by atoms with Gasteiger partial charge >= 0.3 is 0 Å². The van der Waals surface area contributed by atoms with E-state index < -0.39 is 0 Å². The minimum absolute atomic E-state index is 0.00809. The number of carbonyl (C=O) groups is 1. The van der Waals surface area contributed by atoms with Gasteiger partial charge in [-0.15, -0.1) is 0 Å². The summed E-state index contributed by atoms with van der Waals surface area (Å²) in [7, 11) is 0. The normalized spacial score (nSPS) is 23.5. The van der Waals surface area contributed by atoms with E-state index in [9.17, 15) is 4.79 Å². The summed E-state index contributed by atoms with van der Waals surface area (Å²) in [6.07, 6.45) is 7.05. The molecule has 1 saturated carbocycles. The van der Waals surface area contributed by atoms with Crippen LogP contribution in [0.15, 0.2) is 23.2 Å². The van der Waals surface area contributed by atoms with E-state index in [2.05, 4.69) is 19.2 Å². The number of hydrogen-bond donors (Lipinski definition) is 1. The Balaban J connectivity index is 2.08. The third kappa shape index (κ3) is 3.45. The van der Waals surface area contributed by atoms with Crippen molar-refractivity contribution < 1.29 is 4.79 Å². The van der Waals surface area contributed by atoms with Crippen molar-refractivity contribution in [3.8, 4) is 0 Å². The highest BCUT2D eigenvalue weighted by molar-refractivity contribution is 6.31. The summed E-state index contributed by atoms with van der Waals surface area (Å²) in [6, 6.07) is 5.40. The number of hydrogen-bond acceptors (Lipinski definition) is 2. The van der Waals surface area contributed by atoms with Crippen LogP contribution in [-0.2, 0) is 4.79 Å². The predicted octanol–water partition coefficient (Wildman–Crippen LogP) is 5.08. The van der Waals surface area contributed by atoms with Crippen LogP contribution < -0.4 is 5.32 Å². The Morgan fingerprint density at radius 2 is 2.04 bits per heavy atom. The molecule has 0 saturated heterocycles. The topological polar surface area (TPSA) is 41.5 Å². The molecular formula is C19H25ClN2O. The Bertz CT molecular complexity index is 620. The van der Waals surface area contributed by atoms with E-state index in [0.29, 0.717) is 10.9 Å². The van der Waals surface area contributed by atoms with Crippen LogP contribution in [0, 0.1) is 11.8 Å². The number of anilines is 1. The Morgan fingerprint density at radius 1 is 1.30 bits per heavy atom. The lowest BCUT2D eigenvalue weighted by Crippen LogP contribution is -2.31. The van der Waals surface area contributed by atoms with Crippen LogP contribution in [0.4, 0.5) is 5.69 Å². The molecule has 4 heteroatoms. The van der Waals surface area contributed by atoms with Crippen LogP contribution in [-0.4, -0.2) is 17.7 Å². The predicted molar refractivity (Wildman–Crippen MR) is 96.4 cm³/mol. The van der Waals surface area contributed by atoms with Crippen LogP contribution in [0.1, 0.15) is 57.9 Å². The average molecular weight is 333 g/mol. The standard InChI is InChI=1S/C19H25ClN2O/c1-3-12(2)17-19(23)21-16-10-9-14(20)11-15(16)18(22-17)13-7-5-4-6-8-13/h9-13,17H,3-8H2,1-2H3,(H,21,23)/t12?,17-/m0/s1. The second-order valence-corrected chi connectivity index (χ2v) is 7.30. The molecule has 2 atom stereocenters. The van der Waals surface area contributed by atoms with Crippen LogP contribution >= 0.6 is 11.6 Å². The first kappa shape index (κ1) is 16.5. The molecule has 23 heavy (non-hydrogen) atoms. The van der Waals surface area contributed by atoms with Gasteiger partial charge in [0.2, 0.25) is 5.91 Å². The van der Waals surface area contributed by atoms with Crippen LogP contribution in [0.3, 0.4) is 0 Å². The van der Waals surface area contributed by atoms with Gasteiger partial charge in [0.1, 0.15) is 6.04 Å². The van der Waals surface area contributed by atoms with Crippen molar-refractivity contribution in [2.75, 3.05) is 5.32 Å². The monoisotopic (exact) mass is 332 g/mol. The van der Waals surface area contributed by atoms with Gasteiger partial charge < -0.3 is 5.32 Å². The van der Waals surface area contributed by atoms with Crippen molar-refractivity contribution in [2.24, 2.45) is 16.8 Å². The largest absolute Gasteiger partial charge is 0.324 e. The number of amides is 1. The van der Waals surface area contributed by atoms with Crippen molar-refractivity contribution in [3.05, 3.63) is 28.8 Å². The fourth-order valence-corrected chi connectivity index (χ4v) is 3.80. The highest BCUT2D eigenvalue weighted by atomic mass is 35.5. The van der Waals surface area contributed by atoms with Crippen LogP contribution in [0.25, 0.3) is 0 Å². The molecule has 1 amide bonds. The first-order valence-corrected chi connectivity index (χ1v) is 9.16. The van der Waals surface area contributed by atoms with Gasteiger partial charge in [-0.3, -0.25) is 9.79 Å². The van der Waals surface area contributed by atoms with Crippen molar-refractivity contribution in [2.45, 2.75) is 58.4 Å². The number of rotatable bonds is 3. The van der Waals surface area contributed by atoms with E-state index in [1.54, 1.807) is 0 Å².